The number of hydrogen-bond acceptors (Lipinski definition) is 2. The molecule has 17 heavy (non-hydrogen) atoms. The smallest absolute Gasteiger partial charge is 0.306 e. The standard InChI is InChI=1S/C13H17ClO3/c1-9(15)2-5-11(13(16)17)8-10-3-6-12(14)7-4-10/h3-4,6-7,9,11,15H,2,5,8H2,1H3,(H,16,17). The van der Waals surface area contributed by atoms with Crippen LogP contribution in [0.4, 0.5) is 0 Å². The van der Waals surface area contributed by atoms with Crippen LogP contribution in [0.25, 0.3) is 0 Å². The van der Waals surface area contributed by atoms with Crippen LogP contribution in [0.2, 0.25) is 5.02 Å². The van der Waals surface area contributed by atoms with Crippen LogP contribution in [0.5, 0.6) is 0 Å². The fraction of sp³-hybridized carbons (Fsp3) is 0.462. The van der Waals surface area contributed by atoms with Gasteiger partial charge >= 0.3 is 5.97 Å². The van der Waals surface area contributed by atoms with Gasteiger partial charge in [-0.15, -0.1) is 0 Å². The second kappa shape index (κ2) is 6.62. The molecule has 4 heteroatoms. The van der Waals surface area contributed by atoms with E-state index in [1.54, 1.807) is 19.1 Å². The van der Waals surface area contributed by atoms with Crippen LogP contribution in [0.15, 0.2) is 24.3 Å². The summed E-state index contributed by atoms with van der Waals surface area (Å²) in [4.78, 5) is 11.1. The minimum absolute atomic E-state index is 0.453. The number of aliphatic hydroxyl groups excluding tert-OH is 1. The molecule has 3 nitrogen and oxygen atoms in total. The summed E-state index contributed by atoms with van der Waals surface area (Å²) in [6.07, 6.45) is 1.00. The molecule has 0 amide bonds. The number of hydrogen-bond donors (Lipinski definition) is 2. The van der Waals surface area contributed by atoms with Gasteiger partial charge in [0.2, 0.25) is 0 Å². The quantitative estimate of drug-likeness (QED) is 0.823. The normalized spacial score (nSPS) is 14.3. The number of carbonyl (C=O) groups is 1. The summed E-state index contributed by atoms with van der Waals surface area (Å²) in [5.41, 5.74) is 0.951. The van der Waals surface area contributed by atoms with Gasteiger partial charge in [0.1, 0.15) is 0 Å². The van der Waals surface area contributed by atoms with Crippen LogP contribution in [0.1, 0.15) is 25.3 Å². The van der Waals surface area contributed by atoms with Crippen molar-refractivity contribution < 1.29 is 15.0 Å². The second-order valence-electron chi connectivity index (χ2n) is 4.29. The van der Waals surface area contributed by atoms with Crippen molar-refractivity contribution in [2.75, 3.05) is 0 Å². The van der Waals surface area contributed by atoms with E-state index in [1.807, 2.05) is 12.1 Å². The van der Waals surface area contributed by atoms with E-state index in [2.05, 4.69) is 0 Å². The van der Waals surface area contributed by atoms with Gasteiger partial charge < -0.3 is 10.2 Å². The number of benzene rings is 1. The molecule has 2 atom stereocenters. The van der Waals surface area contributed by atoms with E-state index in [4.69, 9.17) is 16.7 Å². The molecule has 1 rings (SSSR count). The predicted molar refractivity (Wildman–Crippen MR) is 67.2 cm³/mol. The van der Waals surface area contributed by atoms with Crippen LogP contribution in [-0.2, 0) is 11.2 Å². The summed E-state index contributed by atoms with van der Waals surface area (Å²) in [5.74, 6) is -1.27. The fourth-order valence-corrected chi connectivity index (χ4v) is 1.79. The highest BCUT2D eigenvalue weighted by Crippen LogP contribution is 2.17. The zero-order valence-corrected chi connectivity index (χ0v) is 10.5. The van der Waals surface area contributed by atoms with Crippen molar-refractivity contribution in [1.82, 2.24) is 0 Å². The molecule has 1 aromatic carbocycles. The molecular formula is C13H17ClO3. The zero-order chi connectivity index (χ0) is 12.8. The molecule has 0 aromatic heterocycles. The Hall–Kier alpha value is -1.06. The van der Waals surface area contributed by atoms with Crippen LogP contribution >= 0.6 is 11.6 Å². The molecule has 0 radical (unpaired) electrons. The number of halogens is 1. The van der Waals surface area contributed by atoms with Crippen molar-refractivity contribution >= 4 is 17.6 Å². The average molecular weight is 257 g/mol. The van der Waals surface area contributed by atoms with Crippen LogP contribution < -0.4 is 0 Å². The van der Waals surface area contributed by atoms with Gasteiger partial charge in [0, 0.05) is 5.02 Å². The first kappa shape index (κ1) is 14.0. The largest absolute Gasteiger partial charge is 0.481 e. The van der Waals surface area contributed by atoms with Crippen LogP contribution in [0, 0.1) is 5.92 Å². The first-order chi connectivity index (χ1) is 7.99. The molecule has 0 spiro atoms. The monoisotopic (exact) mass is 256 g/mol. The molecule has 0 saturated carbocycles. The lowest BCUT2D eigenvalue weighted by molar-refractivity contribution is -0.142. The van der Waals surface area contributed by atoms with Crippen molar-refractivity contribution in [3.63, 3.8) is 0 Å². The molecule has 1 aromatic rings. The minimum Gasteiger partial charge on any atom is -0.481 e. The Bertz CT molecular complexity index is 359. The lowest BCUT2D eigenvalue weighted by Crippen LogP contribution is -2.18. The highest BCUT2D eigenvalue weighted by Gasteiger charge is 2.18. The van der Waals surface area contributed by atoms with E-state index < -0.39 is 18.0 Å². The van der Waals surface area contributed by atoms with Gasteiger partial charge in [0.25, 0.3) is 0 Å². The molecular weight excluding hydrogens is 240 g/mol. The molecule has 0 fully saturated rings. The van der Waals surface area contributed by atoms with Crippen LogP contribution in [0.3, 0.4) is 0 Å². The Labute approximate surface area is 106 Å². The van der Waals surface area contributed by atoms with Crippen molar-refractivity contribution in [3.05, 3.63) is 34.9 Å². The van der Waals surface area contributed by atoms with E-state index in [9.17, 15) is 9.90 Å². The number of aliphatic hydroxyl groups is 1. The highest BCUT2D eigenvalue weighted by atomic mass is 35.5. The third-order valence-corrected chi connectivity index (χ3v) is 2.93. The zero-order valence-electron chi connectivity index (χ0n) is 9.77. The van der Waals surface area contributed by atoms with E-state index in [0.29, 0.717) is 24.3 Å². The number of carboxylic acid groups (broad SMARTS) is 1. The third-order valence-electron chi connectivity index (χ3n) is 2.68. The van der Waals surface area contributed by atoms with Crippen molar-refractivity contribution in [3.8, 4) is 0 Å². The Morgan fingerprint density at radius 3 is 2.35 bits per heavy atom. The number of aliphatic carboxylic acids is 1. The van der Waals surface area contributed by atoms with E-state index in [-0.39, 0.29) is 0 Å². The third kappa shape index (κ3) is 5.20. The van der Waals surface area contributed by atoms with E-state index in [0.717, 1.165) is 5.56 Å². The van der Waals surface area contributed by atoms with Gasteiger partial charge in [-0.1, -0.05) is 23.7 Å². The molecule has 0 aliphatic rings. The number of rotatable bonds is 6. The topological polar surface area (TPSA) is 57.5 Å². The Kier molecular flexibility index (Phi) is 5.45. The van der Waals surface area contributed by atoms with Gasteiger partial charge in [-0.3, -0.25) is 4.79 Å². The summed E-state index contributed by atoms with van der Waals surface area (Å²) in [6.45, 7) is 1.67. The van der Waals surface area contributed by atoms with Gasteiger partial charge in [-0.05, 0) is 43.9 Å². The van der Waals surface area contributed by atoms with Gasteiger partial charge in [0.05, 0.1) is 12.0 Å². The van der Waals surface area contributed by atoms with Crippen molar-refractivity contribution in [2.24, 2.45) is 5.92 Å². The Morgan fingerprint density at radius 1 is 1.29 bits per heavy atom. The lowest BCUT2D eigenvalue weighted by Gasteiger charge is -2.13. The van der Waals surface area contributed by atoms with Crippen LogP contribution in [-0.4, -0.2) is 22.3 Å². The minimum atomic E-state index is -0.819. The number of carboxylic acids is 1. The lowest BCUT2D eigenvalue weighted by atomic mass is 9.94. The Morgan fingerprint density at radius 2 is 1.88 bits per heavy atom. The summed E-state index contributed by atoms with van der Waals surface area (Å²) < 4.78 is 0. The molecule has 2 N–H and O–H groups in total. The summed E-state index contributed by atoms with van der Waals surface area (Å²) in [5, 5.41) is 18.9. The predicted octanol–water partition coefficient (Wildman–Crippen LogP) is 2.74. The first-order valence-corrected chi connectivity index (χ1v) is 6.02. The van der Waals surface area contributed by atoms with E-state index in [1.165, 1.54) is 0 Å². The van der Waals surface area contributed by atoms with Gasteiger partial charge in [-0.25, -0.2) is 0 Å². The van der Waals surface area contributed by atoms with Crippen molar-refractivity contribution in [2.45, 2.75) is 32.3 Å². The maximum absolute atomic E-state index is 11.1. The first-order valence-electron chi connectivity index (χ1n) is 5.64. The molecule has 0 aliphatic carbocycles. The second-order valence-corrected chi connectivity index (χ2v) is 4.73. The maximum Gasteiger partial charge on any atom is 0.306 e. The molecule has 0 bridgehead atoms. The molecule has 94 valence electrons. The average Bonchev–Trinajstić information content (AvgIpc) is 2.26. The van der Waals surface area contributed by atoms with Crippen molar-refractivity contribution in [1.29, 1.82) is 0 Å². The summed E-state index contributed by atoms with van der Waals surface area (Å²) in [6, 6.07) is 7.18. The Balaban J connectivity index is 2.60. The van der Waals surface area contributed by atoms with Gasteiger partial charge in [0.15, 0.2) is 0 Å². The fourth-order valence-electron chi connectivity index (χ4n) is 1.66. The molecule has 2 unspecified atom stereocenters. The summed E-state index contributed by atoms with van der Waals surface area (Å²) in [7, 11) is 0. The van der Waals surface area contributed by atoms with E-state index >= 15 is 0 Å². The summed E-state index contributed by atoms with van der Waals surface area (Å²) >= 11 is 5.76. The highest BCUT2D eigenvalue weighted by molar-refractivity contribution is 6.30. The molecule has 0 aliphatic heterocycles. The molecule has 0 saturated heterocycles. The van der Waals surface area contributed by atoms with Gasteiger partial charge in [-0.2, -0.15) is 0 Å². The SMILES string of the molecule is CC(O)CCC(Cc1ccc(Cl)cc1)C(=O)O. The molecule has 0 heterocycles. The maximum atomic E-state index is 11.1.